The van der Waals surface area contributed by atoms with Gasteiger partial charge in [-0.1, -0.05) is 6.07 Å². The first kappa shape index (κ1) is 24.1. The summed E-state index contributed by atoms with van der Waals surface area (Å²) in [4.78, 5) is 26.1. The van der Waals surface area contributed by atoms with Gasteiger partial charge >= 0.3 is 0 Å². The molecule has 0 radical (unpaired) electrons. The molecular weight excluding hydrogens is 476 g/mol. The molecule has 2 heterocycles. The van der Waals surface area contributed by atoms with Crippen molar-refractivity contribution in [1.82, 2.24) is 9.97 Å². The summed E-state index contributed by atoms with van der Waals surface area (Å²) in [5, 5.41) is 21.5. The third kappa shape index (κ3) is 4.66. The van der Waals surface area contributed by atoms with Gasteiger partial charge in [-0.05, 0) is 62.2 Å². The molecule has 3 aromatic rings. The Kier molecular flexibility index (Phi) is 6.18. The SMILES string of the molecule is C[C@@H]1C(=O)N(c2cccc(C#N)c2)c2cnc(Nc3ccc(C#N)cc3)nc2N1C1CCC(F)(F)CC1. The smallest absolute Gasteiger partial charge is 0.254 e. The minimum atomic E-state index is -2.71. The van der Waals surface area contributed by atoms with Crippen molar-refractivity contribution in [3.63, 3.8) is 0 Å². The van der Waals surface area contributed by atoms with Crippen LogP contribution in [-0.2, 0) is 4.79 Å². The zero-order chi connectivity index (χ0) is 26.2. The van der Waals surface area contributed by atoms with Crippen LogP contribution in [0.25, 0.3) is 0 Å². The molecule has 1 saturated carbocycles. The lowest BCUT2D eigenvalue weighted by molar-refractivity contribution is -0.119. The van der Waals surface area contributed by atoms with Gasteiger partial charge in [-0.25, -0.2) is 13.8 Å². The first-order valence-electron chi connectivity index (χ1n) is 11.9. The highest BCUT2D eigenvalue weighted by atomic mass is 19.3. The molecule has 2 aromatic carbocycles. The van der Waals surface area contributed by atoms with Gasteiger partial charge in [-0.3, -0.25) is 9.69 Å². The van der Waals surface area contributed by atoms with Gasteiger partial charge in [0.25, 0.3) is 5.91 Å². The minimum absolute atomic E-state index is 0.233. The molecule has 1 aromatic heterocycles. The average Bonchev–Trinajstić information content (AvgIpc) is 2.91. The molecule has 5 rings (SSSR count). The third-order valence-electron chi connectivity index (χ3n) is 6.81. The van der Waals surface area contributed by atoms with Crippen LogP contribution >= 0.6 is 0 Å². The number of nitriles is 2. The Morgan fingerprint density at radius 3 is 2.43 bits per heavy atom. The van der Waals surface area contributed by atoms with Crippen molar-refractivity contribution in [1.29, 1.82) is 10.5 Å². The Morgan fingerprint density at radius 2 is 1.76 bits per heavy atom. The van der Waals surface area contributed by atoms with Crippen LogP contribution in [0.15, 0.2) is 54.7 Å². The Labute approximate surface area is 212 Å². The summed E-state index contributed by atoms with van der Waals surface area (Å²) in [6.45, 7) is 1.75. The maximum absolute atomic E-state index is 14.0. The van der Waals surface area contributed by atoms with Crippen LogP contribution in [0.5, 0.6) is 0 Å². The second-order valence-electron chi connectivity index (χ2n) is 9.22. The molecule has 1 aliphatic carbocycles. The minimum Gasteiger partial charge on any atom is -0.340 e. The quantitative estimate of drug-likeness (QED) is 0.511. The number of anilines is 5. The largest absolute Gasteiger partial charge is 0.340 e. The standard InChI is InChI=1S/C27H23F2N7O/c1-17-25(37)36(22-4-2-3-19(13-22)15-31)23-16-32-26(33-20-7-5-18(14-30)6-8-20)34-24(23)35(17)21-9-11-27(28,29)12-10-21/h2-8,13,16-17,21H,9-12H2,1H3,(H,32,33,34)/t17-/m1/s1. The van der Waals surface area contributed by atoms with E-state index < -0.39 is 12.0 Å². The summed E-state index contributed by atoms with van der Waals surface area (Å²) in [7, 11) is 0. The van der Waals surface area contributed by atoms with Gasteiger partial charge in [0.15, 0.2) is 5.82 Å². The molecule has 1 amide bonds. The first-order chi connectivity index (χ1) is 17.8. The zero-order valence-corrected chi connectivity index (χ0v) is 20.0. The highest BCUT2D eigenvalue weighted by molar-refractivity contribution is 6.10. The highest BCUT2D eigenvalue weighted by Crippen LogP contribution is 2.44. The normalized spacial score (nSPS) is 19.1. The van der Waals surface area contributed by atoms with Gasteiger partial charge in [0, 0.05) is 24.6 Å². The summed E-state index contributed by atoms with van der Waals surface area (Å²) in [5.74, 6) is -2.24. The first-order valence-corrected chi connectivity index (χ1v) is 11.9. The molecule has 8 nitrogen and oxygen atoms in total. The Hall–Kier alpha value is -4.57. The fraction of sp³-hybridized carbons (Fsp3) is 0.296. The van der Waals surface area contributed by atoms with Crippen LogP contribution in [0, 0.1) is 22.7 Å². The van der Waals surface area contributed by atoms with Crippen LogP contribution < -0.4 is 15.1 Å². The number of fused-ring (bicyclic) bond motifs is 1. The molecular formula is C27H23F2N7O. The summed E-state index contributed by atoms with van der Waals surface area (Å²) >= 11 is 0. The molecule has 10 heteroatoms. The van der Waals surface area contributed by atoms with Gasteiger partial charge in [-0.15, -0.1) is 0 Å². The van der Waals surface area contributed by atoms with Crippen molar-refractivity contribution in [2.75, 3.05) is 15.1 Å². The molecule has 0 bridgehead atoms. The number of hydrogen-bond donors (Lipinski definition) is 1. The predicted molar refractivity (Wildman–Crippen MR) is 134 cm³/mol. The van der Waals surface area contributed by atoms with Crippen LogP contribution in [0.2, 0.25) is 0 Å². The molecule has 37 heavy (non-hydrogen) atoms. The van der Waals surface area contributed by atoms with Crippen LogP contribution in [-0.4, -0.2) is 33.9 Å². The van der Waals surface area contributed by atoms with E-state index in [0.717, 1.165) is 0 Å². The van der Waals surface area contributed by atoms with Crippen molar-refractivity contribution in [3.05, 3.63) is 65.9 Å². The van der Waals surface area contributed by atoms with E-state index in [0.29, 0.717) is 34.0 Å². The average molecular weight is 500 g/mol. The molecule has 1 aliphatic heterocycles. The summed E-state index contributed by atoms with van der Waals surface area (Å²) < 4.78 is 27.9. The fourth-order valence-electron chi connectivity index (χ4n) is 4.91. The third-order valence-corrected chi connectivity index (χ3v) is 6.81. The van der Waals surface area contributed by atoms with Gasteiger partial charge in [0.2, 0.25) is 11.9 Å². The number of alkyl halides is 2. The van der Waals surface area contributed by atoms with E-state index in [-0.39, 0.29) is 43.6 Å². The van der Waals surface area contributed by atoms with E-state index in [1.54, 1.807) is 55.5 Å². The second-order valence-corrected chi connectivity index (χ2v) is 9.22. The molecule has 0 spiro atoms. The number of hydrogen-bond acceptors (Lipinski definition) is 7. The molecule has 1 fully saturated rings. The van der Waals surface area contributed by atoms with Crippen LogP contribution in [0.1, 0.15) is 43.7 Å². The Morgan fingerprint density at radius 1 is 1.05 bits per heavy atom. The zero-order valence-electron chi connectivity index (χ0n) is 20.0. The number of rotatable bonds is 4. The van der Waals surface area contributed by atoms with E-state index in [9.17, 15) is 18.8 Å². The number of nitrogens with one attached hydrogen (secondary N) is 1. The number of aromatic nitrogens is 2. The highest BCUT2D eigenvalue weighted by Gasteiger charge is 2.44. The molecule has 1 N–H and O–H groups in total. The van der Waals surface area contributed by atoms with Gasteiger partial charge in [0.05, 0.1) is 35.1 Å². The Bertz CT molecular complexity index is 1420. The lowest BCUT2D eigenvalue weighted by Crippen LogP contribution is -2.56. The molecule has 0 unspecified atom stereocenters. The molecule has 2 aliphatic rings. The van der Waals surface area contributed by atoms with Crippen molar-refractivity contribution in [2.24, 2.45) is 0 Å². The van der Waals surface area contributed by atoms with E-state index in [2.05, 4.69) is 22.4 Å². The maximum atomic E-state index is 14.0. The molecule has 1 atom stereocenters. The summed E-state index contributed by atoms with van der Waals surface area (Å²) in [5.41, 5.74) is 2.50. The van der Waals surface area contributed by atoms with Crippen molar-refractivity contribution in [3.8, 4) is 12.1 Å². The van der Waals surface area contributed by atoms with Crippen molar-refractivity contribution >= 4 is 34.7 Å². The number of nitrogens with zero attached hydrogens (tertiary/aromatic N) is 6. The van der Waals surface area contributed by atoms with E-state index in [4.69, 9.17) is 10.2 Å². The number of benzene rings is 2. The summed E-state index contributed by atoms with van der Waals surface area (Å²) in [6, 6.07) is 16.7. The lowest BCUT2D eigenvalue weighted by atomic mass is 9.89. The van der Waals surface area contributed by atoms with Gasteiger partial charge < -0.3 is 10.2 Å². The van der Waals surface area contributed by atoms with E-state index in [1.165, 1.54) is 11.1 Å². The Balaban J connectivity index is 1.58. The number of carbonyl (C=O) groups is 1. The van der Waals surface area contributed by atoms with E-state index >= 15 is 0 Å². The summed E-state index contributed by atoms with van der Waals surface area (Å²) in [6.07, 6.45) is 1.49. The monoisotopic (exact) mass is 499 g/mol. The van der Waals surface area contributed by atoms with E-state index in [1.807, 2.05) is 4.90 Å². The van der Waals surface area contributed by atoms with Crippen LogP contribution in [0.3, 0.4) is 0 Å². The lowest BCUT2D eigenvalue weighted by Gasteiger charge is -2.46. The number of carbonyl (C=O) groups excluding carboxylic acids is 1. The van der Waals surface area contributed by atoms with Crippen molar-refractivity contribution in [2.45, 2.75) is 50.6 Å². The topological polar surface area (TPSA) is 109 Å². The second kappa shape index (κ2) is 9.47. The fourth-order valence-corrected chi connectivity index (χ4v) is 4.91. The maximum Gasteiger partial charge on any atom is 0.254 e. The number of amides is 1. The molecule has 186 valence electrons. The van der Waals surface area contributed by atoms with Crippen LogP contribution in [0.4, 0.5) is 37.6 Å². The van der Waals surface area contributed by atoms with Crippen molar-refractivity contribution < 1.29 is 13.6 Å². The van der Waals surface area contributed by atoms with Gasteiger partial charge in [-0.2, -0.15) is 15.5 Å². The number of halogens is 2. The predicted octanol–water partition coefficient (Wildman–Crippen LogP) is 5.41. The molecule has 0 saturated heterocycles. The van der Waals surface area contributed by atoms with Gasteiger partial charge in [0.1, 0.15) is 11.7 Å².